The highest BCUT2D eigenvalue weighted by atomic mass is 16.6. The smallest absolute Gasteiger partial charge is 0.306 e. The third-order valence-electron chi connectivity index (χ3n) is 5.11. The zero-order chi connectivity index (χ0) is 22.5. The maximum Gasteiger partial charge on any atom is 0.306 e. The molecule has 0 amide bonds. The maximum absolute atomic E-state index is 12.1. The Morgan fingerprint density at radius 3 is 2.29 bits per heavy atom. The van der Waals surface area contributed by atoms with E-state index in [0.29, 0.717) is 6.54 Å². The van der Waals surface area contributed by atoms with E-state index in [2.05, 4.69) is 17.0 Å². The van der Waals surface area contributed by atoms with E-state index in [0.717, 1.165) is 37.2 Å². The fourth-order valence-corrected chi connectivity index (χ4v) is 3.30. The summed E-state index contributed by atoms with van der Waals surface area (Å²) in [6, 6.07) is 18.2. The molecule has 0 saturated carbocycles. The van der Waals surface area contributed by atoms with Gasteiger partial charge in [-0.25, -0.2) is 0 Å². The summed E-state index contributed by atoms with van der Waals surface area (Å²) in [5, 5.41) is 10.6. The first-order valence-electron chi connectivity index (χ1n) is 10.9. The maximum atomic E-state index is 12.1. The quantitative estimate of drug-likeness (QED) is 0.432. The molecule has 168 valence electrons. The van der Waals surface area contributed by atoms with Crippen LogP contribution in [0.25, 0.3) is 0 Å². The molecule has 1 unspecified atom stereocenters. The van der Waals surface area contributed by atoms with Gasteiger partial charge in [-0.05, 0) is 49.5 Å². The summed E-state index contributed by atoms with van der Waals surface area (Å²) in [5.41, 5.74) is 2.36. The van der Waals surface area contributed by atoms with Crippen LogP contribution in [0.15, 0.2) is 54.6 Å². The van der Waals surface area contributed by atoms with Crippen molar-refractivity contribution in [1.29, 1.82) is 0 Å². The Bertz CT molecular complexity index is 805. The second-order valence-electron chi connectivity index (χ2n) is 7.37. The molecular formula is C25H32NO5-. The Kier molecular flexibility index (Phi) is 10.6. The fourth-order valence-electron chi connectivity index (χ4n) is 3.30. The lowest BCUT2D eigenvalue weighted by Gasteiger charge is -2.26. The highest BCUT2D eigenvalue weighted by Gasteiger charge is 2.19. The molecule has 2 rings (SSSR count). The highest BCUT2D eigenvalue weighted by Crippen LogP contribution is 2.21. The molecule has 0 aliphatic carbocycles. The molecule has 0 fully saturated rings. The summed E-state index contributed by atoms with van der Waals surface area (Å²) in [7, 11) is 0. The number of hydrogen-bond donors (Lipinski definition) is 0. The normalized spacial score (nSPS) is 11.8. The van der Waals surface area contributed by atoms with Crippen molar-refractivity contribution in [3.05, 3.63) is 65.7 Å². The molecule has 0 saturated heterocycles. The number of carbonyl (C=O) groups is 2. The molecule has 0 aliphatic rings. The van der Waals surface area contributed by atoms with Crippen molar-refractivity contribution in [2.75, 3.05) is 26.2 Å². The number of hydrogen-bond acceptors (Lipinski definition) is 6. The number of para-hydroxylation sites is 1. The average molecular weight is 427 g/mol. The van der Waals surface area contributed by atoms with Crippen molar-refractivity contribution < 1.29 is 24.2 Å². The SMILES string of the molecule is CCN(CC)CC(COc1ccccc1CCc1ccccc1)OC(=O)CCC(=O)[O-]. The molecule has 2 aromatic rings. The van der Waals surface area contributed by atoms with Crippen molar-refractivity contribution in [1.82, 2.24) is 4.90 Å². The fraction of sp³-hybridized carbons (Fsp3) is 0.440. The van der Waals surface area contributed by atoms with Crippen molar-refractivity contribution in [3.63, 3.8) is 0 Å². The molecule has 2 aromatic carbocycles. The first kappa shape index (κ1) is 24.4. The lowest BCUT2D eigenvalue weighted by atomic mass is 10.0. The minimum atomic E-state index is -1.26. The van der Waals surface area contributed by atoms with Gasteiger partial charge in [0, 0.05) is 12.5 Å². The van der Waals surface area contributed by atoms with Crippen LogP contribution in [0.3, 0.4) is 0 Å². The third kappa shape index (κ3) is 9.22. The van der Waals surface area contributed by atoms with Crippen LogP contribution in [0.5, 0.6) is 5.75 Å². The summed E-state index contributed by atoms with van der Waals surface area (Å²) in [5.74, 6) is -1.04. The number of aliphatic carboxylic acids is 1. The molecule has 1 atom stereocenters. The lowest BCUT2D eigenvalue weighted by molar-refractivity contribution is -0.305. The molecule has 0 bridgehead atoms. The molecule has 6 nitrogen and oxygen atoms in total. The monoisotopic (exact) mass is 426 g/mol. The van der Waals surface area contributed by atoms with Crippen LogP contribution in [0.4, 0.5) is 0 Å². The Morgan fingerprint density at radius 2 is 1.61 bits per heavy atom. The van der Waals surface area contributed by atoms with Gasteiger partial charge in [0.05, 0.1) is 6.42 Å². The molecule has 6 heteroatoms. The second-order valence-corrected chi connectivity index (χ2v) is 7.37. The predicted molar refractivity (Wildman–Crippen MR) is 118 cm³/mol. The predicted octanol–water partition coefficient (Wildman–Crippen LogP) is 2.63. The molecule has 0 N–H and O–H groups in total. The van der Waals surface area contributed by atoms with Crippen LogP contribution in [0.2, 0.25) is 0 Å². The Balaban J connectivity index is 2.00. The number of rotatable bonds is 14. The number of likely N-dealkylation sites (N-methyl/N-ethyl adjacent to an activating group) is 1. The van der Waals surface area contributed by atoms with E-state index in [9.17, 15) is 14.7 Å². The average Bonchev–Trinajstić information content (AvgIpc) is 2.79. The number of benzene rings is 2. The van der Waals surface area contributed by atoms with Crippen molar-refractivity contribution in [3.8, 4) is 5.75 Å². The zero-order valence-electron chi connectivity index (χ0n) is 18.4. The van der Waals surface area contributed by atoms with E-state index < -0.39 is 18.0 Å². The number of carboxylic acid groups (broad SMARTS) is 1. The van der Waals surface area contributed by atoms with Gasteiger partial charge in [-0.1, -0.05) is 62.4 Å². The molecule has 31 heavy (non-hydrogen) atoms. The van der Waals surface area contributed by atoms with Crippen LogP contribution in [-0.4, -0.2) is 49.2 Å². The largest absolute Gasteiger partial charge is 0.550 e. The van der Waals surface area contributed by atoms with Crippen molar-refractivity contribution in [2.45, 2.75) is 45.6 Å². The summed E-state index contributed by atoms with van der Waals surface area (Å²) in [4.78, 5) is 24.8. The standard InChI is InChI=1S/C25H33NO5/c1-3-26(4-2)18-22(31-25(29)17-16-24(27)28)19-30-23-13-9-8-12-21(23)15-14-20-10-6-5-7-11-20/h5-13,22H,3-4,14-19H2,1-2H3,(H,27,28)/p-1. The Morgan fingerprint density at radius 1 is 0.935 bits per heavy atom. The molecule has 0 aliphatic heterocycles. The first-order chi connectivity index (χ1) is 15.0. The van der Waals surface area contributed by atoms with Crippen LogP contribution in [-0.2, 0) is 27.2 Å². The van der Waals surface area contributed by atoms with Gasteiger partial charge in [-0.2, -0.15) is 0 Å². The second kappa shape index (κ2) is 13.4. The first-order valence-corrected chi connectivity index (χ1v) is 10.9. The van der Waals surface area contributed by atoms with E-state index in [1.165, 1.54) is 5.56 Å². The van der Waals surface area contributed by atoms with Crippen LogP contribution in [0, 0.1) is 0 Å². The molecular weight excluding hydrogens is 394 g/mol. The number of aryl methyl sites for hydroxylation is 2. The van der Waals surface area contributed by atoms with E-state index >= 15 is 0 Å². The van der Waals surface area contributed by atoms with Crippen molar-refractivity contribution >= 4 is 11.9 Å². The van der Waals surface area contributed by atoms with E-state index in [1.54, 1.807) is 0 Å². The zero-order valence-corrected chi connectivity index (χ0v) is 18.4. The Hall–Kier alpha value is -2.86. The molecule has 0 heterocycles. The van der Waals surface area contributed by atoms with Gasteiger partial charge in [0.25, 0.3) is 0 Å². The lowest BCUT2D eigenvalue weighted by Crippen LogP contribution is -2.38. The van der Waals surface area contributed by atoms with Gasteiger partial charge in [0.1, 0.15) is 18.5 Å². The van der Waals surface area contributed by atoms with Gasteiger partial charge < -0.3 is 24.3 Å². The van der Waals surface area contributed by atoms with Gasteiger partial charge >= 0.3 is 5.97 Å². The van der Waals surface area contributed by atoms with Crippen molar-refractivity contribution in [2.24, 2.45) is 0 Å². The van der Waals surface area contributed by atoms with Gasteiger partial charge in [0.2, 0.25) is 0 Å². The van der Waals surface area contributed by atoms with Gasteiger partial charge in [0.15, 0.2) is 0 Å². The minimum absolute atomic E-state index is 0.204. The Labute approximate surface area is 184 Å². The highest BCUT2D eigenvalue weighted by molar-refractivity contribution is 5.75. The summed E-state index contributed by atoms with van der Waals surface area (Å²) in [6.45, 7) is 6.44. The molecule has 0 spiro atoms. The topological polar surface area (TPSA) is 78.9 Å². The summed E-state index contributed by atoms with van der Waals surface area (Å²) >= 11 is 0. The van der Waals surface area contributed by atoms with E-state index in [-0.39, 0.29) is 19.4 Å². The number of esters is 1. The van der Waals surface area contributed by atoms with Gasteiger partial charge in [-0.3, -0.25) is 4.79 Å². The third-order valence-corrected chi connectivity index (χ3v) is 5.11. The number of nitrogens with zero attached hydrogens (tertiary/aromatic N) is 1. The minimum Gasteiger partial charge on any atom is -0.550 e. The number of carboxylic acids is 1. The van der Waals surface area contributed by atoms with Crippen LogP contribution in [0.1, 0.15) is 37.8 Å². The number of ether oxygens (including phenoxy) is 2. The van der Waals surface area contributed by atoms with Crippen LogP contribution < -0.4 is 9.84 Å². The molecule has 0 radical (unpaired) electrons. The van der Waals surface area contributed by atoms with Gasteiger partial charge in [-0.15, -0.1) is 0 Å². The van der Waals surface area contributed by atoms with E-state index in [4.69, 9.17) is 9.47 Å². The number of carbonyl (C=O) groups excluding carboxylic acids is 2. The molecule has 0 aromatic heterocycles. The van der Waals surface area contributed by atoms with E-state index in [1.807, 2.05) is 56.3 Å². The summed E-state index contributed by atoms with van der Waals surface area (Å²) in [6.07, 6.45) is 0.704. The van der Waals surface area contributed by atoms with Crippen LogP contribution >= 0.6 is 0 Å². The summed E-state index contributed by atoms with van der Waals surface area (Å²) < 4.78 is 11.6.